The lowest BCUT2D eigenvalue weighted by Gasteiger charge is -2.15. The van der Waals surface area contributed by atoms with Crippen molar-refractivity contribution in [3.05, 3.63) is 83.2 Å². The van der Waals surface area contributed by atoms with E-state index in [0.717, 1.165) is 24.1 Å². The highest BCUT2D eigenvalue weighted by atomic mass is 16.4. The fourth-order valence-corrected chi connectivity index (χ4v) is 5.47. The number of carbonyl (C=O) groups excluding carboxylic acids is 1. The molecule has 7 heteroatoms. The van der Waals surface area contributed by atoms with Crippen molar-refractivity contribution in [2.45, 2.75) is 96.8 Å². The summed E-state index contributed by atoms with van der Waals surface area (Å²) < 4.78 is 3.37. The number of carboxylic acids is 1. The molecule has 0 aliphatic heterocycles. The van der Waals surface area contributed by atoms with Gasteiger partial charge in [-0.25, -0.2) is 4.68 Å². The molecule has 0 bridgehead atoms. The van der Waals surface area contributed by atoms with Crippen LogP contribution >= 0.6 is 0 Å². The van der Waals surface area contributed by atoms with Crippen molar-refractivity contribution in [2.24, 2.45) is 13.0 Å². The van der Waals surface area contributed by atoms with Gasteiger partial charge in [0.2, 0.25) is 5.91 Å². The summed E-state index contributed by atoms with van der Waals surface area (Å²) in [7, 11) is 1.82. The van der Waals surface area contributed by atoms with Gasteiger partial charge in [-0.05, 0) is 43.5 Å². The Morgan fingerprint density at radius 1 is 0.837 bits per heavy atom. The van der Waals surface area contributed by atoms with Crippen molar-refractivity contribution < 1.29 is 14.7 Å². The molecule has 2 N–H and O–H groups in total. The highest BCUT2D eigenvalue weighted by Crippen LogP contribution is 2.24. The minimum atomic E-state index is -0.995. The zero-order valence-electron chi connectivity index (χ0n) is 26.0. The largest absolute Gasteiger partial charge is 0.481 e. The van der Waals surface area contributed by atoms with Crippen LogP contribution in [0.2, 0.25) is 0 Å². The maximum Gasteiger partial charge on any atom is 0.304 e. The molecule has 7 nitrogen and oxygen atoms in total. The summed E-state index contributed by atoms with van der Waals surface area (Å²) in [6.07, 6.45) is 19.4. The molecule has 0 spiro atoms. The van der Waals surface area contributed by atoms with E-state index in [-0.39, 0.29) is 17.9 Å². The van der Waals surface area contributed by atoms with Gasteiger partial charge in [-0.15, -0.1) is 0 Å². The Morgan fingerprint density at radius 2 is 1.49 bits per heavy atom. The van der Waals surface area contributed by atoms with E-state index >= 15 is 0 Å². The smallest absolute Gasteiger partial charge is 0.304 e. The molecular weight excluding hydrogens is 538 g/mol. The molecule has 43 heavy (non-hydrogen) atoms. The van der Waals surface area contributed by atoms with Crippen LogP contribution in [0.4, 0.5) is 5.69 Å². The third kappa shape index (κ3) is 11.4. The van der Waals surface area contributed by atoms with Gasteiger partial charge in [0.15, 0.2) is 0 Å². The molecule has 1 heterocycles. The van der Waals surface area contributed by atoms with Crippen LogP contribution in [0.15, 0.2) is 77.6 Å². The Morgan fingerprint density at radius 3 is 2.14 bits per heavy atom. The van der Waals surface area contributed by atoms with E-state index in [0.29, 0.717) is 17.8 Å². The van der Waals surface area contributed by atoms with Crippen molar-refractivity contribution in [3.63, 3.8) is 0 Å². The Hall–Kier alpha value is -3.87. The van der Waals surface area contributed by atoms with Crippen LogP contribution in [0.5, 0.6) is 0 Å². The van der Waals surface area contributed by atoms with Crippen molar-refractivity contribution in [2.75, 3.05) is 5.32 Å². The van der Waals surface area contributed by atoms with Gasteiger partial charge in [-0.1, -0.05) is 114 Å². The Bertz CT molecular complexity index is 1360. The SMILES string of the molecule is CCCCCCCCCCCCC/C=C\C[C@@H](CC(=O)O)C(=O)Nc1cccc(-c2cc(=O)n(-c3ccccc3)n2C)c1. The van der Waals surface area contributed by atoms with Gasteiger partial charge in [0.25, 0.3) is 5.56 Å². The number of hydrogen-bond donors (Lipinski definition) is 2. The predicted octanol–water partition coefficient (Wildman–Crippen LogP) is 8.52. The second kappa shape index (κ2) is 18.6. The number of benzene rings is 2. The molecule has 3 rings (SSSR count). The number of carboxylic acid groups (broad SMARTS) is 1. The second-order valence-corrected chi connectivity index (χ2v) is 11.4. The van der Waals surface area contributed by atoms with Crippen molar-refractivity contribution in [1.82, 2.24) is 9.36 Å². The number of unbranched alkanes of at least 4 members (excludes halogenated alkanes) is 11. The van der Waals surface area contributed by atoms with Crippen molar-refractivity contribution in [3.8, 4) is 16.9 Å². The lowest BCUT2D eigenvalue weighted by Crippen LogP contribution is -2.24. The van der Waals surface area contributed by atoms with Gasteiger partial charge >= 0.3 is 5.97 Å². The second-order valence-electron chi connectivity index (χ2n) is 11.4. The molecule has 0 unspecified atom stereocenters. The first kappa shape index (κ1) is 33.6. The summed E-state index contributed by atoms with van der Waals surface area (Å²) in [6.45, 7) is 2.25. The van der Waals surface area contributed by atoms with Gasteiger partial charge in [-0.3, -0.25) is 19.1 Å². The number of para-hydroxylation sites is 1. The zero-order valence-corrected chi connectivity index (χ0v) is 26.0. The summed E-state index contributed by atoms with van der Waals surface area (Å²) in [4.78, 5) is 37.4. The number of rotatable bonds is 20. The molecule has 0 aliphatic carbocycles. The summed E-state index contributed by atoms with van der Waals surface area (Å²) in [5, 5.41) is 12.3. The number of hydrogen-bond acceptors (Lipinski definition) is 3. The Kier molecular flexibility index (Phi) is 14.6. The quantitative estimate of drug-likeness (QED) is 0.102. The van der Waals surface area contributed by atoms with E-state index in [4.69, 9.17) is 0 Å². The van der Waals surface area contributed by atoms with Crippen molar-refractivity contribution >= 4 is 17.6 Å². The Balaban J connectivity index is 1.48. The fraction of sp³-hybridized carbons (Fsp3) is 0.472. The van der Waals surface area contributed by atoms with Crippen LogP contribution < -0.4 is 10.9 Å². The highest BCUT2D eigenvalue weighted by molar-refractivity contribution is 5.95. The van der Waals surface area contributed by atoms with Crippen LogP contribution in [0.1, 0.15) is 96.8 Å². The van der Waals surface area contributed by atoms with Crippen LogP contribution in [-0.4, -0.2) is 26.3 Å². The highest BCUT2D eigenvalue weighted by Gasteiger charge is 2.21. The summed E-state index contributed by atoms with van der Waals surface area (Å²) in [5.41, 5.74) is 2.65. The van der Waals surface area contributed by atoms with Gasteiger partial charge < -0.3 is 10.4 Å². The number of anilines is 1. The van der Waals surface area contributed by atoms with E-state index in [1.807, 2.05) is 61.7 Å². The summed E-state index contributed by atoms with van der Waals surface area (Å²) in [6, 6.07) is 18.3. The molecule has 3 aromatic rings. The third-order valence-corrected chi connectivity index (χ3v) is 7.90. The molecule has 232 valence electrons. The summed E-state index contributed by atoms with van der Waals surface area (Å²) >= 11 is 0. The minimum absolute atomic E-state index is 0.153. The third-order valence-electron chi connectivity index (χ3n) is 7.90. The van der Waals surface area contributed by atoms with E-state index in [2.05, 4.69) is 18.3 Å². The van der Waals surface area contributed by atoms with Crippen LogP contribution in [0, 0.1) is 5.92 Å². The lowest BCUT2D eigenvalue weighted by atomic mass is 9.99. The Labute approximate surface area is 256 Å². The first-order chi connectivity index (χ1) is 20.9. The van der Waals surface area contributed by atoms with Gasteiger partial charge in [0.05, 0.1) is 23.7 Å². The molecule has 1 atom stereocenters. The molecule has 0 aliphatic rings. The number of amides is 1. The number of carbonyl (C=O) groups is 2. The van der Waals surface area contributed by atoms with E-state index < -0.39 is 11.9 Å². The standard InChI is InChI=1S/C36H49N3O4/c1-3-4-5-6-7-8-9-10-11-12-13-14-15-17-21-30(27-35(41)42)36(43)37-31-23-20-22-29(26-31)33-28-34(40)39(38(33)2)32-24-18-16-19-25-32/h15-20,22-26,28,30H,3-14,21,27H2,1-2H3,(H,37,43)(H,41,42)/b17-15-/t30-/m0/s1. The fourth-order valence-electron chi connectivity index (χ4n) is 5.47. The molecule has 0 saturated heterocycles. The molecule has 0 saturated carbocycles. The monoisotopic (exact) mass is 587 g/mol. The number of nitrogens with zero attached hydrogens (tertiary/aromatic N) is 2. The van der Waals surface area contributed by atoms with Gasteiger partial charge in [-0.2, -0.15) is 0 Å². The number of aliphatic carboxylic acids is 1. The molecule has 1 amide bonds. The summed E-state index contributed by atoms with van der Waals surface area (Å²) in [5.74, 6) is -1.99. The van der Waals surface area contributed by atoms with E-state index in [1.165, 1.54) is 64.2 Å². The molecule has 0 radical (unpaired) electrons. The van der Waals surface area contributed by atoms with Crippen molar-refractivity contribution in [1.29, 1.82) is 0 Å². The lowest BCUT2D eigenvalue weighted by molar-refractivity contribution is -0.140. The number of aromatic nitrogens is 2. The zero-order chi connectivity index (χ0) is 30.9. The van der Waals surface area contributed by atoms with Gasteiger partial charge in [0, 0.05) is 24.4 Å². The first-order valence-corrected chi connectivity index (χ1v) is 16.0. The minimum Gasteiger partial charge on any atom is -0.481 e. The van der Waals surface area contributed by atoms with Gasteiger partial charge in [0.1, 0.15) is 0 Å². The average molecular weight is 588 g/mol. The number of allylic oxidation sites excluding steroid dienone is 2. The molecular formula is C36H49N3O4. The molecule has 1 aromatic heterocycles. The number of nitrogens with one attached hydrogen (secondary N) is 1. The van der Waals surface area contributed by atoms with Crippen LogP contribution in [0.25, 0.3) is 16.9 Å². The maximum atomic E-state index is 13.1. The molecule has 0 fully saturated rings. The van der Waals surface area contributed by atoms with Crippen LogP contribution in [0.3, 0.4) is 0 Å². The predicted molar refractivity (Wildman–Crippen MR) is 176 cm³/mol. The maximum absolute atomic E-state index is 13.1. The van der Waals surface area contributed by atoms with E-state index in [1.54, 1.807) is 21.5 Å². The topological polar surface area (TPSA) is 93.3 Å². The average Bonchev–Trinajstić information content (AvgIpc) is 3.30. The first-order valence-electron chi connectivity index (χ1n) is 16.0. The van der Waals surface area contributed by atoms with Crippen LogP contribution in [-0.2, 0) is 16.6 Å². The van der Waals surface area contributed by atoms with E-state index in [9.17, 15) is 19.5 Å². The molecule has 2 aromatic carbocycles. The normalized spacial score (nSPS) is 12.0.